The van der Waals surface area contributed by atoms with Gasteiger partial charge in [0.2, 0.25) is 0 Å². The zero-order valence-electron chi connectivity index (χ0n) is 10.5. The first-order chi connectivity index (χ1) is 8.22. The molecule has 1 aromatic rings. The molecule has 0 heterocycles. The fourth-order valence-electron chi connectivity index (χ4n) is 1.66. The third kappa shape index (κ3) is 3.98. The molecule has 0 bridgehead atoms. The fourth-order valence-corrected chi connectivity index (χ4v) is 1.66. The lowest BCUT2D eigenvalue weighted by Gasteiger charge is -2.19. The second-order valence-electron chi connectivity index (χ2n) is 3.65. The van der Waals surface area contributed by atoms with Crippen LogP contribution in [0.3, 0.4) is 0 Å². The van der Waals surface area contributed by atoms with E-state index in [4.69, 9.17) is 14.2 Å². The van der Waals surface area contributed by atoms with E-state index >= 15 is 0 Å². The summed E-state index contributed by atoms with van der Waals surface area (Å²) in [5.41, 5.74) is 0.742. The third-order valence-corrected chi connectivity index (χ3v) is 2.52. The quantitative estimate of drug-likeness (QED) is 0.688. The summed E-state index contributed by atoms with van der Waals surface area (Å²) in [6, 6.07) is 4.46. The van der Waals surface area contributed by atoms with Gasteiger partial charge in [-0.25, -0.2) is 4.39 Å². The van der Waals surface area contributed by atoms with Gasteiger partial charge in [-0.2, -0.15) is 0 Å². The van der Waals surface area contributed by atoms with Crippen LogP contribution in [-0.4, -0.2) is 27.4 Å². The molecule has 1 rings (SSSR count). The van der Waals surface area contributed by atoms with Gasteiger partial charge < -0.3 is 14.2 Å². The van der Waals surface area contributed by atoms with Crippen molar-refractivity contribution in [1.82, 2.24) is 0 Å². The van der Waals surface area contributed by atoms with Crippen LogP contribution in [0.4, 0.5) is 4.39 Å². The van der Waals surface area contributed by atoms with Crippen molar-refractivity contribution in [3.8, 4) is 5.75 Å². The first kappa shape index (κ1) is 13.9. The summed E-state index contributed by atoms with van der Waals surface area (Å²) in [6.07, 6.45) is 0.583. The average molecular weight is 242 g/mol. The number of hydrogen-bond donors (Lipinski definition) is 0. The molecule has 0 fully saturated rings. The molecule has 4 heteroatoms. The lowest BCUT2D eigenvalue weighted by atomic mass is 10.1. The van der Waals surface area contributed by atoms with Crippen molar-refractivity contribution in [3.05, 3.63) is 29.6 Å². The molecule has 3 nitrogen and oxygen atoms in total. The molecule has 0 spiro atoms. The van der Waals surface area contributed by atoms with Gasteiger partial charge in [0.1, 0.15) is 11.6 Å². The van der Waals surface area contributed by atoms with E-state index in [0.29, 0.717) is 19.0 Å². The molecule has 0 unspecified atom stereocenters. The van der Waals surface area contributed by atoms with E-state index < -0.39 is 0 Å². The maximum Gasteiger partial charge on any atom is 0.124 e. The molecule has 0 N–H and O–H groups in total. The van der Waals surface area contributed by atoms with E-state index in [2.05, 4.69) is 0 Å². The Morgan fingerprint density at radius 3 is 2.59 bits per heavy atom. The minimum atomic E-state index is -0.283. The Balaban J connectivity index is 2.82. The van der Waals surface area contributed by atoms with Crippen LogP contribution < -0.4 is 4.74 Å². The van der Waals surface area contributed by atoms with Gasteiger partial charge in [0.15, 0.2) is 0 Å². The largest absolute Gasteiger partial charge is 0.496 e. The highest BCUT2D eigenvalue weighted by molar-refractivity contribution is 5.35. The van der Waals surface area contributed by atoms with Crippen LogP contribution in [0.5, 0.6) is 5.75 Å². The summed E-state index contributed by atoms with van der Waals surface area (Å²) in [5, 5.41) is 0. The molecule has 0 aromatic heterocycles. The van der Waals surface area contributed by atoms with Crippen molar-refractivity contribution < 1.29 is 18.6 Å². The van der Waals surface area contributed by atoms with Crippen LogP contribution in [0.2, 0.25) is 0 Å². The van der Waals surface area contributed by atoms with Crippen LogP contribution in [0, 0.1) is 5.82 Å². The van der Waals surface area contributed by atoms with E-state index in [1.165, 1.54) is 12.1 Å². The average Bonchev–Trinajstić information content (AvgIpc) is 2.35. The van der Waals surface area contributed by atoms with Gasteiger partial charge >= 0.3 is 0 Å². The number of hydrogen-bond acceptors (Lipinski definition) is 3. The molecule has 96 valence electrons. The molecule has 1 atom stereocenters. The molecular weight excluding hydrogens is 223 g/mol. The molecule has 0 saturated carbocycles. The van der Waals surface area contributed by atoms with Crippen molar-refractivity contribution in [3.63, 3.8) is 0 Å². The summed E-state index contributed by atoms with van der Waals surface area (Å²) >= 11 is 0. The topological polar surface area (TPSA) is 27.7 Å². The maximum atomic E-state index is 13.2. The molecule has 1 aromatic carbocycles. The minimum absolute atomic E-state index is 0.171. The first-order valence-corrected chi connectivity index (χ1v) is 5.66. The summed E-state index contributed by atoms with van der Waals surface area (Å²) in [6.45, 7) is 2.99. The van der Waals surface area contributed by atoms with Gasteiger partial charge in [0.25, 0.3) is 0 Å². The molecule has 0 aliphatic heterocycles. The smallest absolute Gasteiger partial charge is 0.124 e. The highest BCUT2D eigenvalue weighted by Crippen LogP contribution is 2.30. The predicted octanol–water partition coefficient (Wildman–Crippen LogP) is 2.95. The highest BCUT2D eigenvalue weighted by Gasteiger charge is 2.15. The van der Waals surface area contributed by atoms with Crippen molar-refractivity contribution in [2.24, 2.45) is 0 Å². The Hall–Kier alpha value is -1.13. The second-order valence-corrected chi connectivity index (χ2v) is 3.65. The molecule has 0 aliphatic rings. The normalized spacial score (nSPS) is 12.5. The standard InChI is InChI=1S/C13H19FO3/c1-4-12(17-8-7-15-2)11-9-10(14)5-6-13(11)16-3/h5-6,9,12H,4,7-8H2,1-3H3/t12-/m0/s1. The van der Waals surface area contributed by atoms with E-state index in [9.17, 15) is 4.39 Å². The highest BCUT2D eigenvalue weighted by atomic mass is 19.1. The summed E-state index contributed by atoms with van der Waals surface area (Å²) in [4.78, 5) is 0. The van der Waals surface area contributed by atoms with Gasteiger partial charge in [-0.05, 0) is 24.6 Å². The summed E-state index contributed by atoms with van der Waals surface area (Å²) in [5.74, 6) is 0.366. The number of rotatable bonds is 7. The molecule has 17 heavy (non-hydrogen) atoms. The van der Waals surface area contributed by atoms with Crippen molar-refractivity contribution >= 4 is 0 Å². The number of benzene rings is 1. The van der Waals surface area contributed by atoms with Crippen molar-refractivity contribution in [2.75, 3.05) is 27.4 Å². The Morgan fingerprint density at radius 1 is 1.24 bits per heavy atom. The molecule has 0 aliphatic carbocycles. The molecule has 0 amide bonds. The Kier molecular flexibility index (Phi) is 5.94. The maximum absolute atomic E-state index is 13.2. The third-order valence-electron chi connectivity index (χ3n) is 2.52. The van der Waals surface area contributed by atoms with Crippen molar-refractivity contribution in [1.29, 1.82) is 0 Å². The Labute approximate surface area is 101 Å². The van der Waals surface area contributed by atoms with Gasteiger partial charge in [-0.3, -0.25) is 0 Å². The lowest BCUT2D eigenvalue weighted by molar-refractivity contribution is 0.0133. The Morgan fingerprint density at radius 2 is 2.00 bits per heavy atom. The second kappa shape index (κ2) is 7.25. The van der Waals surface area contributed by atoms with Crippen molar-refractivity contribution in [2.45, 2.75) is 19.4 Å². The van der Waals surface area contributed by atoms with Gasteiger partial charge in [-0.1, -0.05) is 6.92 Å². The summed E-state index contributed by atoms with van der Waals surface area (Å²) < 4.78 is 29.0. The van der Waals surface area contributed by atoms with Crippen LogP contribution in [0.15, 0.2) is 18.2 Å². The number of methoxy groups -OCH3 is 2. The SMILES string of the molecule is CC[C@H](OCCOC)c1cc(F)ccc1OC. The van der Waals surface area contributed by atoms with Crippen LogP contribution >= 0.6 is 0 Å². The molecule has 0 radical (unpaired) electrons. The van der Waals surface area contributed by atoms with Crippen LogP contribution in [-0.2, 0) is 9.47 Å². The first-order valence-electron chi connectivity index (χ1n) is 5.66. The van der Waals surface area contributed by atoms with Gasteiger partial charge in [0, 0.05) is 12.7 Å². The van der Waals surface area contributed by atoms with E-state index in [0.717, 1.165) is 12.0 Å². The lowest BCUT2D eigenvalue weighted by Crippen LogP contribution is -2.09. The molecular formula is C13H19FO3. The number of halogens is 1. The van der Waals surface area contributed by atoms with E-state index in [-0.39, 0.29) is 11.9 Å². The van der Waals surface area contributed by atoms with Crippen LogP contribution in [0.25, 0.3) is 0 Å². The summed E-state index contributed by atoms with van der Waals surface area (Å²) in [7, 11) is 3.19. The Bertz CT molecular complexity index is 341. The minimum Gasteiger partial charge on any atom is -0.496 e. The fraction of sp³-hybridized carbons (Fsp3) is 0.538. The zero-order chi connectivity index (χ0) is 12.7. The monoisotopic (exact) mass is 242 g/mol. The van der Waals surface area contributed by atoms with E-state index in [1.54, 1.807) is 20.3 Å². The predicted molar refractivity (Wildman–Crippen MR) is 63.8 cm³/mol. The van der Waals surface area contributed by atoms with Gasteiger partial charge in [0.05, 0.1) is 26.4 Å². The number of ether oxygens (including phenoxy) is 3. The zero-order valence-corrected chi connectivity index (χ0v) is 10.5. The van der Waals surface area contributed by atoms with Gasteiger partial charge in [-0.15, -0.1) is 0 Å². The van der Waals surface area contributed by atoms with E-state index in [1.807, 2.05) is 6.92 Å². The van der Waals surface area contributed by atoms with Crippen LogP contribution in [0.1, 0.15) is 25.0 Å². The molecule has 0 saturated heterocycles.